The largest absolute Gasteiger partial charge is 0.379 e. The average molecular weight is 196 g/mol. The first kappa shape index (κ1) is 10.9. The minimum Gasteiger partial charge on any atom is -0.379 e. The maximum atomic E-state index is 11.6. The van der Waals surface area contributed by atoms with E-state index in [1.165, 1.54) is 0 Å². The molecule has 0 aromatic rings. The first-order valence-corrected chi connectivity index (χ1v) is 4.84. The number of carbonyl (C=O) groups excluding carboxylic acids is 1. The molecule has 2 amide bonds. The van der Waals surface area contributed by atoms with Gasteiger partial charge >= 0.3 is 6.03 Å². The molecule has 1 unspecified atom stereocenters. The number of amides is 2. The molecule has 0 bridgehead atoms. The highest BCUT2D eigenvalue weighted by Gasteiger charge is 2.19. The molecule has 0 aromatic carbocycles. The quantitative estimate of drug-likeness (QED) is 0.665. The van der Waals surface area contributed by atoms with Gasteiger partial charge in [-0.2, -0.15) is 0 Å². The van der Waals surface area contributed by atoms with Gasteiger partial charge in [0, 0.05) is 13.2 Å². The summed E-state index contributed by atoms with van der Waals surface area (Å²) in [5, 5.41) is 2.88. The van der Waals surface area contributed by atoms with E-state index in [2.05, 4.69) is 11.2 Å². The molecule has 1 aliphatic rings. The summed E-state index contributed by atoms with van der Waals surface area (Å²) in [7, 11) is 0. The van der Waals surface area contributed by atoms with Gasteiger partial charge in [0.1, 0.15) is 0 Å². The van der Waals surface area contributed by atoms with E-state index in [0.717, 1.165) is 13.0 Å². The molecule has 1 saturated heterocycles. The smallest absolute Gasteiger partial charge is 0.318 e. The number of ether oxygens (including phenoxy) is 1. The molecule has 1 rings (SSSR count). The average Bonchev–Trinajstić information content (AvgIpc) is 2.66. The second kappa shape index (κ2) is 5.51. The predicted octanol–water partition coefficient (Wildman–Crippen LogP) is 0.440. The number of terminal acetylenes is 1. The van der Waals surface area contributed by atoms with Crippen molar-refractivity contribution >= 4 is 6.03 Å². The zero-order valence-corrected chi connectivity index (χ0v) is 8.45. The summed E-state index contributed by atoms with van der Waals surface area (Å²) in [6.07, 6.45) is 6.04. The molecule has 0 aliphatic carbocycles. The van der Waals surface area contributed by atoms with Gasteiger partial charge in [0.15, 0.2) is 0 Å². The monoisotopic (exact) mass is 196 g/mol. The van der Waals surface area contributed by atoms with E-state index in [0.29, 0.717) is 19.7 Å². The van der Waals surface area contributed by atoms with Gasteiger partial charge in [0.05, 0.1) is 19.2 Å². The van der Waals surface area contributed by atoms with Gasteiger partial charge in [-0.15, -0.1) is 6.42 Å². The standard InChI is InChI=1S/C10H16N2O2/c1-3-6-12(4-2)10(13)11-9-5-7-14-8-9/h1,9H,4-8H2,2H3,(H,11,13). The van der Waals surface area contributed by atoms with Gasteiger partial charge in [0.2, 0.25) is 0 Å². The van der Waals surface area contributed by atoms with Gasteiger partial charge in [0.25, 0.3) is 0 Å². The molecule has 0 saturated carbocycles. The van der Waals surface area contributed by atoms with Crippen LogP contribution in [-0.4, -0.2) is 43.3 Å². The molecular weight excluding hydrogens is 180 g/mol. The Morgan fingerprint density at radius 2 is 2.57 bits per heavy atom. The molecule has 1 N–H and O–H groups in total. The lowest BCUT2D eigenvalue weighted by atomic mass is 10.3. The van der Waals surface area contributed by atoms with Crippen molar-refractivity contribution in [3.05, 3.63) is 0 Å². The Kier molecular flexibility index (Phi) is 4.27. The minimum absolute atomic E-state index is 0.0963. The summed E-state index contributed by atoms with van der Waals surface area (Å²) in [5.41, 5.74) is 0. The molecule has 4 nitrogen and oxygen atoms in total. The van der Waals surface area contributed by atoms with Crippen molar-refractivity contribution in [1.82, 2.24) is 10.2 Å². The molecule has 14 heavy (non-hydrogen) atoms. The second-order valence-corrected chi connectivity index (χ2v) is 3.23. The Morgan fingerprint density at radius 3 is 3.07 bits per heavy atom. The molecule has 1 atom stereocenters. The van der Waals surface area contributed by atoms with Crippen molar-refractivity contribution in [1.29, 1.82) is 0 Å². The number of hydrogen-bond donors (Lipinski definition) is 1. The van der Waals surface area contributed by atoms with E-state index in [-0.39, 0.29) is 12.1 Å². The molecule has 78 valence electrons. The summed E-state index contributed by atoms with van der Waals surface area (Å²) < 4.78 is 5.16. The van der Waals surface area contributed by atoms with Crippen LogP contribution in [0.15, 0.2) is 0 Å². The third-order valence-electron chi connectivity index (χ3n) is 2.21. The topological polar surface area (TPSA) is 41.6 Å². The molecule has 1 fully saturated rings. The van der Waals surface area contributed by atoms with E-state index >= 15 is 0 Å². The Labute approximate surface area is 84.6 Å². The van der Waals surface area contributed by atoms with Crippen LogP contribution in [0.2, 0.25) is 0 Å². The summed E-state index contributed by atoms with van der Waals surface area (Å²) in [6, 6.07) is 0.0512. The Morgan fingerprint density at radius 1 is 1.79 bits per heavy atom. The molecule has 0 radical (unpaired) electrons. The SMILES string of the molecule is C#CCN(CC)C(=O)NC1CCOC1. The zero-order chi connectivity index (χ0) is 10.4. The number of carbonyl (C=O) groups is 1. The first-order chi connectivity index (χ1) is 6.77. The summed E-state index contributed by atoms with van der Waals surface area (Å²) in [5.74, 6) is 2.46. The summed E-state index contributed by atoms with van der Waals surface area (Å²) in [6.45, 7) is 4.23. The fraction of sp³-hybridized carbons (Fsp3) is 0.700. The van der Waals surface area contributed by atoms with Gasteiger partial charge < -0.3 is 15.0 Å². The van der Waals surface area contributed by atoms with Crippen molar-refractivity contribution in [2.75, 3.05) is 26.3 Å². The van der Waals surface area contributed by atoms with Gasteiger partial charge in [-0.25, -0.2) is 4.79 Å². The number of rotatable bonds is 3. The maximum Gasteiger partial charge on any atom is 0.318 e. The van der Waals surface area contributed by atoms with Crippen LogP contribution < -0.4 is 5.32 Å². The summed E-state index contributed by atoms with van der Waals surface area (Å²) >= 11 is 0. The first-order valence-electron chi connectivity index (χ1n) is 4.84. The lowest BCUT2D eigenvalue weighted by Crippen LogP contribution is -2.45. The fourth-order valence-corrected chi connectivity index (χ4v) is 1.35. The second-order valence-electron chi connectivity index (χ2n) is 3.23. The van der Waals surface area contributed by atoms with Gasteiger partial charge in [-0.05, 0) is 13.3 Å². The third kappa shape index (κ3) is 2.93. The molecule has 4 heteroatoms. The van der Waals surface area contributed by atoms with Crippen molar-refractivity contribution < 1.29 is 9.53 Å². The number of nitrogens with zero attached hydrogens (tertiary/aromatic N) is 1. The van der Waals surface area contributed by atoms with Crippen molar-refractivity contribution in [2.24, 2.45) is 0 Å². The van der Waals surface area contributed by atoms with E-state index < -0.39 is 0 Å². The highest BCUT2D eigenvalue weighted by Crippen LogP contribution is 2.03. The normalized spacial score (nSPS) is 20.1. The number of urea groups is 1. The van der Waals surface area contributed by atoms with E-state index in [1.54, 1.807) is 4.90 Å². The van der Waals surface area contributed by atoms with Crippen LogP contribution in [0.1, 0.15) is 13.3 Å². The highest BCUT2D eigenvalue weighted by molar-refractivity contribution is 5.74. The van der Waals surface area contributed by atoms with Crippen LogP contribution in [0, 0.1) is 12.3 Å². The van der Waals surface area contributed by atoms with Crippen molar-refractivity contribution in [3.8, 4) is 12.3 Å². The van der Waals surface area contributed by atoms with Crippen LogP contribution in [0.4, 0.5) is 4.79 Å². The molecule has 1 aliphatic heterocycles. The van der Waals surface area contributed by atoms with Crippen molar-refractivity contribution in [3.63, 3.8) is 0 Å². The predicted molar refractivity (Wildman–Crippen MR) is 53.8 cm³/mol. The van der Waals surface area contributed by atoms with Crippen LogP contribution in [0.3, 0.4) is 0 Å². The molecule has 0 aromatic heterocycles. The third-order valence-corrected chi connectivity index (χ3v) is 2.21. The van der Waals surface area contributed by atoms with Crippen LogP contribution >= 0.6 is 0 Å². The lowest BCUT2D eigenvalue weighted by Gasteiger charge is -2.20. The Bertz CT molecular complexity index is 229. The van der Waals surface area contributed by atoms with Crippen LogP contribution in [0.5, 0.6) is 0 Å². The Hall–Kier alpha value is -1.21. The molecular formula is C10H16N2O2. The minimum atomic E-state index is -0.0963. The van der Waals surface area contributed by atoms with E-state index in [4.69, 9.17) is 11.2 Å². The molecule has 0 spiro atoms. The van der Waals surface area contributed by atoms with Gasteiger partial charge in [-0.1, -0.05) is 5.92 Å². The van der Waals surface area contributed by atoms with Crippen LogP contribution in [0.25, 0.3) is 0 Å². The fourth-order valence-electron chi connectivity index (χ4n) is 1.35. The number of nitrogens with one attached hydrogen (secondary N) is 1. The zero-order valence-electron chi connectivity index (χ0n) is 8.45. The van der Waals surface area contributed by atoms with Gasteiger partial charge in [-0.3, -0.25) is 0 Å². The van der Waals surface area contributed by atoms with Crippen molar-refractivity contribution in [2.45, 2.75) is 19.4 Å². The van der Waals surface area contributed by atoms with E-state index in [9.17, 15) is 4.79 Å². The maximum absolute atomic E-state index is 11.6. The lowest BCUT2D eigenvalue weighted by molar-refractivity contribution is 0.181. The van der Waals surface area contributed by atoms with E-state index in [1.807, 2.05) is 6.92 Å². The Balaban J connectivity index is 2.35. The number of hydrogen-bond acceptors (Lipinski definition) is 2. The highest BCUT2D eigenvalue weighted by atomic mass is 16.5. The summed E-state index contributed by atoms with van der Waals surface area (Å²) in [4.78, 5) is 13.2. The molecule has 1 heterocycles. The van der Waals surface area contributed by atoms with Crippen LogP contribution in [-0.2, 0) is 4.74 Å².